The van der Waals surface area contributed by atoms with Crippen molar-refractivity contribution < 1.29 is 14.1 Å². The van der Waals surface area contributed by atoms with Crippen LogP contribution in [0.15, 0.2) is 89.2 Å². The smallest absolute Gasteiger partial charge is 0.243 e. The maximum absolute atomic E-state index is 14.1. The molecule has 302 valence electrons. The number of anilines is 1. The Bertz CT molecular complexity index is 2540. The molecule has 4 aromatic heterocycles. The minimum atomic E-state index is -0.607. The van der Waals surface area contributed by atoms with E-state index >= 15 is 0 Å². The molecule has 14 heteroatoms. The summed E-state index contributed by atoms with van der Waals surface area (Å²) in [6, 6.07) is 15.4. The second-order valence-electron chi connectivity index (χ2n) is 15.5. The fourth-order valence-electron chi connectivity index (χ4n) is 7.95. The fourth-order valence-corrected chi connectivity index (χ4v) is 9.08. The van der Waals surface area contributed by atoms with E-state index in [0.717, 1.165) is 55.9 Å². The van der Waals surface area contributed by atoms with E-state index in [2.05, 4.69) is 52.7 Å². The number of allylic oxidation sites excluding steroid dienone is 4. The third-order valence-electron chi connectivity index (χ3n) is 11.2. The Balaban J connectivity index is 0.884. The van der Waals surface area contributed by atoms with Crippen molar-refractivity contribution in [3.8, 4) is 21.7 Å². The van der Waals surface area contributed by atoms with E-state index in [9.17, 15) is 9.59 Å². The van der Waals surface area contributed by atoms with Crippen molar-refractivity contribution in [2.24, 2.45) is 5.92 Å². The number of aryl methyl sites for hydroxylation is 1. The Morgan fingerprint density at radius 2 is 1.80 bits per heavy atom. The number of halogens is 1. The first-order valence-electron chi connectivity index (χ1n) is 20.0. The minimum Gasteiger partial charge on any atom is -0.360 e. The number of nitrogens with zero attached hydrogens (tertiary/aromatic N) is 8. The van der Waals surface area contributed by atoms with Gasteiger partial charge in [-0.15, -0.1) is 21.5 Å². The molecule has 0 saturated carbocycles. The van der Waals surface area contributed by atoms with E-state index < -0.39 is 12.0 Å². The molecule has 2 aliphatic rings. The molecular weight excluding hydrogens is 782 g/mol. The lowest BCUT2D eigenvalue weighted by Gasteiger charge is -2.39. The monoisotopic (exact) mass is 827 g/mol. The van der Waals surface area contributed by atoms with E-state index in [1.807, 2.05) is 88.7 Å². The first-order chi connectivity index (χ1) is 28.6. The largest absolute Gasteiger partial charge is 0.360 e. The van der Waals surface area contributed by atoms with Crippen LogP contribution in [0.25, 0.3) is 38.2 Å². The third kappa shape index (κ3) is 8.26. The van der Waals surface area contributed by atoms with Gasteiger partial charge in [0.05, 0.1) is 27.3 Å². The molecule has 2 amide bonds. The van der Waals surface area contributed by atoms with Crippen LogP contribution in [-0.4, -0.2) is 72.7 Å². The first-order valence-corrected chi connectivity index (χ1v) is 21.2. The third-order valence-corrected chi connectivity index (χ3v) is 12.5. The van der Waals surface area contributed by atoms with Crippen molar-refractivity contribution in [2.45, 2.75) is 71.9 Å². The van der Waals surface area contributed by atoms with Crippen molar-refractivity contribution in [3.63, 3.8) is 0 Å². The highest BCUT2D eigenvalue weighted by atomic mass is 35.5. The molecule has 2 fully saturated rings. The van der Waals surface area contributed by atoms with Gasteiger partial charge >= 0.3 is 0 Å². The number of nitrogens with one attached hydrogen (secondary N) is 1. The van der Waals surface area contributed by atoms with Gasteiger partial charge in [-0.3, -0.25) is 9.59 Å². The van der Waals surface area contributed by atoms with Crippen LogP contribution < -0.4 is 10.2 Å². The summed E-state index contributed by atoms with van der Waals surface area (Å²) in [5.74, 6) is 0.258. The molecule has 0 spiro atoms. The maximum Gasteiger partial charge on any atom is 0.243 e. The van der Waals surface area contributed by atoms with Crippen LogP contribution in [0.2, 0.25) is 5.02 Å². The van der Waals surface area contributed by atoms with Gasteiger partial charge in [-0.2, -0.15) is 0 Å². The van der Waals surface area contributed by atoms with Crippen LogP contribution in [0.1, 0.15) is 80.6 Å². The lowest BCUT2D eigenvalue weighted by molar-refractivity contribution is -0.140. The van der Waals surface area contributed by atoms with Gasteiger partial charge in [0.15, 0.2) is 0 Å². The number of amides is 2. The number of aromatic nitrogens is 6. The molecule has 12 nitrogen and oxygen atoms in total. The average Bonchev–Trinajstić information content (AvgIpc) is 4.01. The Labute approximate surface area is 352 Å². The summed E-state index contributed by atoms with van der Waals surface area (Å²) in [4.78, 5) is 46.2. The molecule has 0 bridgehead atoms. The Morgan fingerprint density at radius 1 is 1.02 bits per heavy atom. The van der Waals surface area contributed by atoms with Gasteiger partial charge in [-0.1, -0.05) is 73.1 Å². The van der Waals surface area contributed by atoms with Crippen molar-refractivity contribution >= 4 is 57.2 Å². The summed E-state index contributed by atoms with van der Waals surface area (Å²) in [6.07, 6.45) is 10.8. The second kappa shape index (κ2) is 17.2. The number of carbonyl (C=O) groups excluding carboxylic acids is 2. The van der Waals surface area contributed by atoms with Gasteiger partial charge in [-0.05, 0) is 80.0 Å². The van der Waals surface area contributed by atoms with Gasteiger partial charge in [0.25, 0.3) is 0 Å². The van der Waals surface area contributed by atoms with Crippen LogP contribution in [0, 0.1) is 12.8 Å². The molecule has 2 aliphatic heterocycles. The van der Waals surface area contributed by atoms with E-state index in [4.69, 9.17) is 16.1 Å². The van der Waals surface area contributed by atoms with Crippen LogP contribution in [0.3, 0.4) is 0 Å². The topological polar surface area (TPSA) is 143 Å². The van der Waals surface area contributed by atoms with Gasteiger partial charge in [-0.25, -0.2) is 15.0 Å². The first kappa shape index (κ1) is 40.0. The number of carbonyl (C=O) groups is 2. The van der Waals surface area contributed by atoms with Gasteiger partial charge < -0.3 is 19.6 Å². The van der Waals surface area contributed by atoms with Crippen LogP contribution in [-0.2, 0) is 16.1 Å². The molecule has 8 rings (SSSR count). The predicted octanol–water partition coefficient (Wildman–Crippen LogP) is 8.79. The Kier molecular flexibility index (Phi) is 11.7. The summed E-state index contributed by atoms with van der Waals surface area (Å²) in [5, 5.41) is 18.0. The highest BCUT2D eigenvalue weighted by Gasteiger charge is 2.40. The molecule has 6 aromatic rings. The lowest BCUT2D eigenvalue weighted by atomic mass is 9.90. The zero-order valence-corrected chi connectivity index (χ0v) is 35.3. The molecule has 2 atom stereocenters. The molecule has 0 radical (unpaired) electrons. The maximum atomic E-state index is 14.1. The number of likely N-dealkylation sites (tertiary alicyclic amines) is 1. The summed E-state index contributed by atoms with van der Waals surface area (Å²) in [5.41, 5.74) is 9.80. The van der Waals surface area contributed by atoms with Gasteiger partial charge in [0.2, 0.25) is 17.8 Å². The summed E-state index contributed by atoms with van der Waals surface area (Å²) >= 11 is 8.42. The van der Waals surface area contributed by atoms with Gasteiger partial charge in [0, 0.05) is 66.5 Å². The molecule has 59 heavy (non-hydrogen) atoms. The van der Waals surface area contributed by atoms with Crippen molar-refractivity contribution in [2.75, 3.05) is 24.5 Å². The van der Waals surface area contributed by atoms with E-state index in [-0.39, 0.29) is 23.7 Å². The standard InChI is InChI=1S/C45H46ClN9O3S/c1-6-9-29(7-2)36-17-31-16-35(46)34(18-37(31)52-51-36)33-23-54(24-33)45-48-21-32(22-49-45)38-19-40(58-53-38)41(26(3)4)44(57)55-15-8-10-39(55)43(56)47-20-28-11-13-30(14-12-28)42-27(5)50-25-59-42/h6-7,9,11-14,16-19,21-22,25-26,33,39,41H,8,10,15,20,23-24H2,1-5H3,(H,47,56)/b9-6-,29-7+. The zero-order valence-electron chi connectivity index (χ0n) is 33.7. The minimum absolute atomic E-state index is 0.0961. The normalized spacial score (nSPS) is 16.7. The molecule has 2 saturated heterocycles. The van der Waals surface area contributed by atoms with E-state index in [1.54, 1.807) is 34.7 Å². The molecule has 2 unspecified atom stereocenters. The Morgan fingerprint density at radius 3 is 2.49 bits per heavy atom. The van der Waals surface area contributed by atoms with Crippen molar-refractivity contribution in [3.05, 3.63) is 118 Å². The predicted molar refractivity (Wildman–Crippen MR) is 232 cm³/mol. The molecule has 1 N–H and O–H groups in total. The number of thiazole rings is 1. The highest BCUT2D eigenvalue weighted by Crippen LogP contribution is 2.37. The quantitative estimate of drug-likeness (QED) is 0.119. The number of fused-ring (bicyclic) bond motifs is 1. The Hall–Kier alpha value is -5.79. The van der Waals surface area contributed by atoms with Crippen LogP contribution in [0.4, 0.5) is 5.95 Å². The zero-order chi connectivity index (χ0) is 41.2. The number of rotatable bonds is 12. The number of benzene rings is 2. The summed E-state index contributed by atoms with van der Waals surface area (Å²) in [6.45, 7) is 12.2. The molecule has 2 aromatic carbocycles. The molecule has 6 heterocycles. The highest BCUT2D eigenvalue weighted by molar-refractivity contribution is 7.13. The van der Waals surface area contributed by atoms with Gasteiger partial charge in [0.1, 0.15) is 23.4 Å². The molecular formula is C45H46ClN9O3S. The number of hydrogen-bond donors (Lipinski definition) is 1. The van der Waals surface area contributed by atoms with Crippen LogP contribution in [0.5, 0.6) is 0 Å². The average molecular weight is 828 g/mol. The van der Waals surface area contributed by atoms with E-state index in [1.165, 1.54) is 0 Å². The van der Waals surface area contributed by atoms with Crippen molar-refractivity contribution in [1.82, 2.24) is 40.5 Å². The lowest BCUT2D eigenvalue weighted by Crippen LogP contribution is -2.47. The summed E-state index contributed by atoms with van der Waals surface area (Å²) < 4.78 is 5.82. The second-order valence-corrected chi connectivity index (χ2v) is 16.7. The van der Waals surface area contributed by atoms with Crippen LogP contribution >= 0.6 is 22.9 Å². The van der Waals surface area contributed by atoms with E-state index in [0.29, 0.717) is 60.6 Å². The fraction of sp³-hybridized carbons (Fsp3) is 0.333. The summed E-state index contributed by atoms with van der Waals surface area (Å²) in [7, 11) is 0. The van der Waals surface area contributed by atoms with Crippen molar-refractivity contribution in [1.29, 1.82) is 0 Å². The molecule has 0 aliphatic carbocycles. The number of hydrogen-bond acceptors (Lipinski definition) is 11. The SMILES string of the molecule is C/C=C\C(=C/C)c1cc2cc(Cl)c(C3CN(c4ncc(-c5cc(C(C(=O)N6CCCC6C(=O)NCc6ccc(-c7scnc7C)cc6)C(C)C)on5)cn4)C3)cc2nn1.